The molecule has 1 aliphatic rings. The molecule has 0 bridgehead atoms. The Balaban J connectivity index is 1.43. The minimum Gasteiger partial charge on any atom is -0.455 e. The largest absolute Gasteiger partial charge is 0.455 e. The van der Waals surface area contributed by atoms with E-state index in [9.17, 15) is 9.18 Å². The van der Waals surface area contributed by atoms with E-state index in [2.05, 4.69) is 20.1 Å². The molecule has 0 spiro atoms. The van der Waals surface area contributed by atoms with Crippen LogP contribution in [-0.4, -0.2) is 42.1 Å². The normalized spacial score (nSPS) is 15.8. The number of H-pyrrole nitrogens is 1. The predicted octanol–water partition coefficient (Wildman–Crippen LogP) is 3.78. The van der Waals surface area contributed by atoms with Crippen LogP contribution in [0, 0.1) is 12.7 Å². The van der Waals surface area contributed by atoms with Crippen LogP contribution in [-0.2, 0) is 13.5 Å². The van der Waals surface area contributed by atoms with Gasteiger partial charge in [0.2, 0.25) is 11.7 Å². The zero-order valence-corrected chi connectivity index (χ0v) is 17.9. The van der Waals surface area contributed by atoms with Crippen LogP contribution in [0.2, 0.25) is 0 Å². The highest BCUT2D eigenvalue weighted by Crippen LogP contribution is 2.38. The average Bonchev–Trinajstić information content (AvgIpc) is 3.58. The first-order valence-electron chi connectivity index (χ1n) is 10.5. The van der Waals surface area contributed by atoms with Crippen molar-refractivity contribution in [2.75, 3.05) is 6.54 Å². The van der Waals surface area contributed by atoms with Crippen LogP contribution in [0.1, 0.15) is 39.4 Å². The summed E-state index contributed by atoms with van der Waals surface area (Å²) in [4.78, 5) is 27.3. The maximum atomic E-state index is 14.3. The van der Waals surface area contributed by atoms with Crippen molar-refractivity contribution in [3.8, 4) is 11.6 Å². The van der Waals surface area contributed by atoms with Gasteiger partial charge in [0.05, 0.1) is 17.7 Å². The quantitative estimate of drug-likeness (QED) is 0.452. The molecule has 9 nitrogen and oxygen atoms in total. The standard InChI is InChI=1S/C23H19FN6O3/c1-12-20(33-22(27-12)16-6-8-29(2)28-16)23(31)30-9-7-15-18(26-11-25-15)19(30)17-10-13-4-3-5-14(24)21(13)32-17/h3-6,8,10-11,19H,7,9H2,1-2H3,(H,25,26)/t19-/m1/s1. The fourth-order valence-electron chi connectivity index (χ4n) is 4.33. The number of furan rings is 1. The summed E-state index contributed by atoms with van der Waals surface area (Å²) < 4.78 is 27.7. The summed E-state index contributed by atoms with van der Waals surface area (Å²) in [6, 6.07) is 7.61. The Morgan fingerprint density at radius 1 is 1.27 bits per heavy atom. The molecule has 33 heavy (non-hydrogen) atoms. The summed E-state index contributed by atoms with van der Waals surface area (Å²) in [7, 11) is 1.79. The summed E-state index contributed by atoms with van der Waals surface area (Å²) in [5, 5.41) is 4.91. The van der Waals surface area contributed by atoms with Crippen LogP contribution in [0.4, 0.5) is 4.39 Å². The second-order valence-corrected chi connectivity index (χ2v) is 8.03. The van der Waals surface area contributed by atoms with E-state index in [1.807, 2.05) is 0 Å². The van der Waals surface area contributed by atoms with Crippen molar-refractivity contribution in [2.24, 2.45) is 7.05 Å². The SMILES string of the molecule is Cc1nc(-c2ccn(C)n2)oc1C(=O)N1CCc2[nH]cnc2[C@H]1c1cc2cccc(F)c2o1. The van der Waals surface area contributed by atoms with Gasteiger partial charge in [-0.15, -0.1) is 0 Å². The van der Waals surface area contributed by atoms with Gasteiger partial charge in [-0.2, -0.15) is 5.10 Å². The minimum atomic E-state index is -0.637. The van der Waals surface area contributed by atoms with Gasteiger partial charge in [0, 0.05) is 37.3 Å². The second-order valence-electron chi connectivity index (χ2n) is 8.03. The number of rotatable bonds is 3. The lowest BCUT2D eigenvalue weighted by Crippen LogP contribution is -2.40. The molecule has 166 valence electrons. The second kappa shape index (κ2) is 7.16. The van der Waals surface area contributed by atoms with Crippen molar-refractivity contribution in [3.05, 3.63) is 77.3 Å². The lowest BCUT2D eigenvalue weighted by molar-refractivity contribution is 0.0640. The van der Waals surface area contributed by atoms with Crippen molar-refractivity contribution < 1.29 is 18.0 Å². The molecular weight excluding hydrogens is 427 g/mol. The summed E-state index contributed by atoms with van der Waals surface area (Å²) in [5.74, 6) is 0.0272. The van der Waals surface area contributed by atoms with Crippen LogP contribution in [0.15, 0.2) is 51.7 Å². The molecule has 1 N–H and O–H groups in total. The Hall–Kier alpha value is -4.21. The fraction of sp³-hybridized carbons (Fsp3) is 0.217. The molecule has 0 saturated carbocycles. The Kier molecular flexibility index (Phi) is 4.22. The van der Waals surface area contributed by atoms with E-state index in [1.165, 1.54) is 6.07 Å². The molecule has 0 fully saturated rings. The third kappa shape index (κ3) is 3.05. The molecule has 4 aromatic heterocycles. The summed E-state index contributed by atoms with van der Waals surface area (Å²) in [6.45, 7) is 2.12. The van der Waals surface area contributed by atoms with Crippen molar-refractivity contribution in [3.63, 3.8) is 0 Å². The molecule has 1 atom stereocenters. The Morgan fingerprint density at radius 3 is 2.94 bits per heavy atom. The van der Waals surface area contributed by atoms with Gasteiger partial charge in [-0.1, -0.05) is 12.1 Å². The Morgan fingerprint density at radius 2 is 2.15 bits per heavy atom. The van der Waals surface area contributed by atoms with Gasteiger partial charge < -0.3 is 18.7 Å². The fourth-order valence-corrected chi connectivity index (χ4v) is 4.33. The minimum absolute atomic E-state index is 0.127. The van der Waals surface area contributed by atoms with Crippen LogP contribution in [0.3, 0.4) is 0 Å². The summed E-state index contributed by atoms with van der Waals surface area (Å²) >= 11 is 0. The number of hydrogen-bond donors (Lipinski definition) is 1. The number of hydrogen-bond acceptors (Lipinski definition) is 6. The number of oxazole rings is 1. The van der Waals surface area contributed by atoms with E-state index in [4.69, 9.17) is 8.83 Å². The van der Waals surface area contributed by atoms with Gasteiger partial charge >= 0.3 is 0 Å². The Labute approximate surface area is 186 Å². The maximum absolute atomic E-state index is 14.3. The molecule has 6 rings (SSSR count). The third-order valence-electron chi connectivity index (χ3n) is 5.89. The highest BCUT2D eigenvalue weighted by Gasteiger charge is 2.39. The van der Waals surface area contributed by atoms with Crippen molar-refractivity contribution in [1.82, 2.24) is 29.6 Å². The van der Waals surface area contributed by atoms with E-state index in [1.54, 1.807) is 60.3 Å². The first-order valence-corrected chi connectivity index (χ1v) is 10.5. The number of aromatic nitrogens is 5. The molecule has 5 aromatic rings. The number of fused-ring (bicyclic) bond motifs is 2. The number of halogens is 1. The van der Waals surface area contributed by atoms with Gasteiger partial charge in [0.25, 0.3) is 5.91 Å². The molecule has 5 heterocycles. The summed E-state index contributed by atoms with van der Waals surface area (Å²) in [5.41, 5.74) is 2.72. The maximum Gasteiger partial charge on any atom is 0.292 e. The number of amides is 1. The van der Waals surface area contributed by atoms with E-state index >= 15 is 0 Å². The molecule has 0 unspecified atom stereocenters. The number of nitrogens with zero attached hydrogens (tertiary/aromatic N) is 5. The Bertz CT molecular complexity index is 1510. The number of benzene rings is 1. The van der Waals surface area contributed by atoms with Crippen molar-refractivity contribution in [1.29, 1.82) is 0 Å². The van der Waals surface area contributed by atoms with Crippen LogP contribution < -0.4 is 0 Å². The van der Waals surface area contributed by atoms with Gasteiger partial charge in [-0.3, -0.25) is 9.48 Å². The zero-order chi connectivity index (χ0) is 22.7. The molecule has 1 aromatic carbocycles. The van der Waals surface area contributed by atoms with E-state index < -0.39 is 11.9 Å². The molecule has 0 aliphatic carbocycles. The van der Waals surface area contributed by atoms with Crippen molar-refractivity contribution >= 4 is 16.9 Å². The van der Waals surface area contributed by atoms with E-state index in [0.29, 0.717) is 41.2 Å². The van der Waals surface area contributed by atoms with Crippen LogP contribution >= 0.6 is 0 Å². The smallest absolute Gasteiger partial charge is 0.292 e. The van der Waals surface area contributed by atoms with Gasteiger partial charge in [-0.05, 0) is 25.1 Å². The third-order valence-corrected chi connectivity index (χ3v) is 5.89. The molecule has 0 saturated heterocycles. The molecule has 0 radical (unpaired) electrons. The average molecular weight is 446 g/mol. The summed E-state index contributed by atoms with van der Waals surface area (Å²) in [6.07, 6.45) is 3.96. The van der Waals surface area contributed by atoms with Crippen LogP contribution in [0.5, 0.6) is 0 Å². The number of aromatic amines is 1. The molecule has 1 amide bonds. The number of imidazole rings is 1. The number of carbonyl (C=O) groups is 1. The molecule has 1 aliphatic heterocycles. The van der Waals surface area contributed by atoms with Gasteiger partial charge in [0.1, 0.15) is 17.5 Å². The van der Waals surface area contributed by atoms with E-state index in [0.717, 1.165) is 5.69 Å². The lowest BCUT2D eigenvalue weighted by atomic mass is 9.99. The van der Waals surface area contributed by atoms with Crippen LogP contribution in [0.25, 0.3) is 22.6 Å². The van der Waals surface area contributed by atoms with Gasteiger partial charge in [-0.25, -0.2) is 14.4 Å². The predicted molar refractivity (Wildman–Crippen MR) is 115 cm³/mol. The van der Waals surface area contributed by atoms with Crippen molar-refractivity contribution in [2.45, 2.75) is 19.4 Å². The molecular formula is C23H19FN6O3. The monoisotopic (exact) mass is 446 g/mol. The zero-order valence-electron chi connectivity index (χ0n) is 17.9. The highest BCUT2D eigenvalue weighted by atomic mass is 19.1. The molecule has 10 heteroatoms. The number of carbonyl (C=O) groups excluding carboxylic acids is 1. The van der Waals surface area contributed by atoms with Gasteiger partial charge in [0.15, 0.2) is 11.4 Å². The highest BCUT2D eigenvalue weighted by molar-refractivity contribution is 5.93. The lowest BCUT2D eigenvalue weighted by Gasteiger charge is -2.33. The number of aryl methyl sites for hydroxylation is 2. The number of para-hydroxylation sites is 1. The topological polar surface area (TPSA) is 106 Å². The number of nitrogens with one attached hydrogen (secondary N) is 1. The van der Waals surface area contributed by atoms with E-state index in [-0.39, 0.29) is 23.1 Å². The first kappa shape index (κ1) is 19.5. The first-order chi connectivity index (χ1) is 16.0.